The highest BCUT2D eigenvalue weighted by Crippen LogP contribution is 2.33. The molecule has 3 atom stereocenters. The van der Waals surface area contributed by atoms with Gasteiger partial charge in [-0.3, -0.25) is 10.2 Å². The molecule has 0 saturated carbocycles. The third-order valence-corrected chi connectivity index (χ3v) is 7.25. The van der Waals surface area contributed by atoms with Crippen LogP contribution < -0.4 is 15.4 Å². The van der Waals surface area contributed by atoms with Crippen LogP contribution >= 0.6 is 0 Å². The molecule has 38 heavy (non-hydrogen) atoms. The number of likely N-dealkylation sites (tertiary alicyclic amines) is 1. The number of ether oxygens (including phenoxy) is 2. The predicted octanol–water partition coefficient (Wildman–Crippen LogP) is 5.03. The van der Waals surface area contributed by atoms with Gasteiger partial charge in [0.05, 0.1) is 37.1 Å². The molecule has 0 radical (unpaired) electrons. The van der Waals surface area contributed by atoms with Gasteiger partial charge in [0.2, 0.25) is 5.88 Å². The molecule has 2 amide bonds. The fourth-order valence-corrected chi connectivity index (χ4v) is 5.37. The molecule has 1 aliphatic carbocycles. The van der Waals surface area contributed by atoms with Crippen molar-refractivity contribution in [2.45, 2.75) is 38.3 Å². The van der Waals surface area contributed by atoms with Crippen LogP contribution in [0.25, 0.3) is 5.69 Å². The Morgan fingerprint density at radius 1 is 1.08 bits per heavy atom. The van der Waals surface area contributed by atoms with Gasteiger partial charge < -0.3 is 14.8 Å². The molecule has 1 aromatic heterocycles. The molecule has 0 bridgehead atoms. The Hall–Kier alpha value is -4.04. The summed E-state index contributed by atoms with van der Waals surface area (Å²) in [6, 6.07) is 19.9. The van der Waals surface area contributed by atoms with Crippen molar-refractivity contribution in [3.05, 3.63) is 95.8 Å². The van der Waals surface area contributed by atoms with Gasteiger partial charge in [-0.05, 0) is 44.0 Å². The van der Waals surface area contributed by atoms with Gasteiger partial charge in [0.1, 0.15) is 11.6 Å². The summed E-state index contributed by atoms with van der Waals surface area (Å²) in [6.45, 7) is 5.86. The number of hydrogen-bond acceptors (Lipinski definition) is 5. The van der Waals surface area contributed by atoms with E-state index in [1.165, 1.54) is 5.56 Å². The quantitative estimate of drug-likeness (QED) is 0.442. The molecule has 1 fully saturated rings. The molecule has 2 aliphatic rings. The summed E-state index contributed by atoms with van der Waals surface area (Å²) < 4.78 is 13.2. The van der Waals surface area contributed by atoms with Gasteiger partial charge >= 0.3 is 6.03 Å². The van der Waals surface area contributed by atoms with Crippen LogP contribution in [0.1, 0.15) is 30.4 Å². The average Bonchev–Trinajstić information content (AvgIpc) is 3.51. The zero-order chi connectivity index (χ0) is 26.5. The largest absolute Gasteiger partial charge is 0.499 e. The monoisotopic (exact) mass is 513 g/mol. The Bertz CT molecular complexity index is 1300. The first-order chi connectivity index (χ1) is 18.6. The molecular formula is C30H35N5O3. The van der Waals surface area contributed by atoms with Crippen molar-refractivity contribution in [2.24, 2.45) is 0 Å². The minimum absolute atomic E-state index is 0.0822. The number of nitrogens with zero attached hydrogens (tertiary/aromatic N) is 3. The van der Waals surface area contributed by atoms with E-state index in [0.29, 0.717) is 24.8 Å². The number of anilines is 1. The molecule has 0 spiro atoms. The lowest BCUT2D eigenvalue weighted by molar-refractivity contribution is 0.170. The Kier molecular flexibility index (Phi) is 7.79. The van der Waals surface area contributed by atoms with Crippen molar-refractivity contribution in [1.82, 2.24) is 20.0 Å². The number of amides is 2. The molecule has 1 unspecified atom stereocenters. The lowest BCUT2D eigenvalue weighted by Gasteiger charge is -2.29. The highest BCUT2D eigenvalue weighted by Gasteiger charge is 2.39. The zero-order valence-corrected chi connectivity index (χ0v) is 22.1. The first-order valence-electron chi connectivity index (χ1n) is 13.1. The number of hydrogen-bond donors (Lipinski definition) is 2. The number of urea groups is 1. The van der Waals surface area contributed by atoms with Crippen molar-refractivity contribution in [3.8, 4) is 11.6 Å². The van der Waals surface area contributed by atoms with Gasteiger partial charge in [0, 0.05) is 19.0 Å². The van der Waals surface area contributed by atoms with E-state index in [-0.39, 0.29) is 24.0 Å². The Labute approximate surface area is 223 Å². The summed E-state index contributed by atoms with van der Waals surface area (Å²) >= 11 is 0. The number of carbonyl (C=O) groups is 1. The highest BCUT2D eigenvalue weighted by molar-refractivity contribution is 5.90. The second kappa shape index (κ2) is 11.6. The van der Waals surface area contributed by atoms with Crippen molar-refractivity contribution >= 4 is 11.8 Å². The highest BCUT2D eigenvalue weighted by atomic mass is 16.5. The van der Waals surface area contributed by atoms with E-state index in [1.807, 2.05) is 62.4 Å². The second-order valence-corrected chi connectivity index (χ2v) is 9.59. The smallest absolute Gasteiger partial charge is 0.320 e. The molecule has 1 saturated heterocycles. The molecule has 8 nitrogen and oxygen atoms in total. The standard InChI is InChI=1S/C30H35N5O3/c1-4-38-29-21(2)28(35(33-29)23-15-9-6-10-16-23)32-30(36)31-25-20-34(26-17-11-12-18-27(26)37-3)19-24(25)22-13-7-5-8-14-22/h5-16,18,24-26H,4,17,19-20H2,1-3H3,(H2,31,32,36)/t24-,25+,26?/m0/s1. The topological polar surface area (TPSA) is 80.6 Å². The minimum Gasteiger partial charge on any atom is -0.499 e. The van der Waals surface area contributed by atoms with Crippen molar-refractivity contribution < 1.29 is 14.3 Å². The maximum absolute atomic E-state index is 13.5. The molecule has 2 heterocycles. The van der Waals surface area contributed by atoms with Crippen molar-refractivity contribution in [2.75, 3.05) is 32.1 Å². The third-order valence-electron chi connectivity index (χ3n) is 7.25. The zero-order valence-electron chi connectivity index (χ0n) is 22.1. The first-order valence-corrected chi connectivity index (χ1v) is 13.1. The number of rotatable bonds is 8. The maximum atomic E-state index is 13.5. The maximum Gasteiger partial charge on any atom is 0.320 e. The summed E-state index contributed by atoms with van der Waals surface area (Å²) in [7, 11) is 1.72. The lowest BCUT2D eigenvalue weighted by atomic mass is 9.94. The Morgan fingerprint density at radius 3 is 2.53 bits per heavy atom. The lowest BCUT2D eigenvalue weighted by Crippen LogP contribution is -2.43. The number of methoxy groups -OCH3 is 1. The SMILES string of the molecule is CCOc1nn(-c2ccccc2)c(NC(=O)N[C@@H]2CN(C3CC=CC=C3OC)C[C@H]2c2ccccc2)c1C. The summed E-state index contributed by atoms with van der Waals surface area (Å²) in [6.07, 6.45) is 7.12. The summed E-state index contributed by atoms with van der Waals surface area (Å²) in [5.74, 6) is 2.19. The number of nitrogens with one attached hydrogen (secondary N) is 2. The van der Waals surface area contributed by atoms with E-state index in [1.54, 1.807) is 11.8 Å². The second-order valence-electron chi connectivity index (χ2n) is 9.59. The van der Waals surface area contributed by atoms with Crippen LogP contribution in [0.5, 0.6) is 5.88 Å². The van der Waals surface area contributed by atoms with Crippen LogP contribution in [0, 0.1) is 6.92 Å². The summed E-state index contributed by atoms with van der Waals surface area (Å²) in [4.78, 5) is 15.9. The molecule has 1 aliphatic heterocycles. The van der Waals surface area contributed by atoms with Crippen LogP contribution in [0.2, 0.25) is 0 Å². The van der Waals surface area contributed by atoms with E-state index in [4.69, 9.17) is 9.47 Å². The van der Waals surface area contributed by atoms with Gasteiger partial charge in [0.25, 0.3) is 0 Å². The van der Waals surface area contributed by atoms with Crippen LogP contribution in [0.4, 0.5) is 10.6 Å². The van der Waals surface area contributed by atoms with Crippen molar-refractivity contribution in [3.63, 3.8) is 0 Å². The van der Waals surface area contributed by atoms with E-state index >= 15 is 0 Å². The Balaban J connectivity index is 1.38. The van der Waals surface area contributed by atoms with Gasteiger partial charge in [-0.25, -0.2) is 9.48 Å². The molecule has 2 N–H and O–H groups in total. The van der Waals surface area contributed by atoms with Gasteiger partial charge in [-0.15, -0.1) is 5.10 Å². The molecule has 5 rings (SSSR count). The minimum atomic E-state index is -0.271. The molecular weight excluding hydrogens is 478 g/mol. The fourth-order valence-electron chi connectivity index (χ4n) is 5.37. The number of allylic oxidation sites excluding steroid dienone is 2. The number of carbonyl (C=O) groups excluding carboxylic acids is 1. The van der Waals surface area contributed by atoms with Crippen molar-refractivity contribution in [1.29, 1.82) is 0 Å². The molecule has 8 heteroatoms. The van der Waals surface area contributed by atoms with Crippen LogP contribution in [0.15, 0.2) is 84.7 Å². The first kappa shape index (κ1) is 25.6. The van der Waals surface area contributed by atoms with Gasteiger partial charge in [0.15, 0.2) is 0 Å². The van der Waals surface area contributed by atoms with Crippen LogP contribution in [-0.4, -0.2) is 59.6 Å². The number of aromatic nitrogens is 2. The van der Waals surface area contributed by atoms with Gasteiger partial charge in [-0.1, -0.05) is 60.7 Å². The molecule has 3 aromatic rings. The predicted molar refractivity (Wildman–Crippen MR) is 149 cm³/mol. The number of benzene rings is 2. The van der Waals surface area contributed by atoms with Gasteiger partial charge in [-0.2, -0.15) is 0 Å². The fraction of sp³-hybridized carbons (Fsp3) is 0.333. The third kappa shape index (κ3) is 5.31. The van der Waals surface area contributed by atoms with E-state index in [0.717, 1.165) is 30.0 Å². The van der Waals surface area contributed by atoms with E-state index in [9.17, 15) is 4.79 Å². The van der Waals surface area contributed by atoms with Crippen LogP contribution in [-0.2, 0) is 4.74 Å². The Morgan fingerprint density at radius 2 is 1.82 bits per heavy atom. The number of para-hydroxylation sites is 1. The van der Waals surface area contributed by atoms with E-state index < -0.39 is 0 Å². The molecule has 2 aromatic carbocycles. The summed E-state index contributed by atoms with van der Waals surface area (Å²) in [5.41, 5.74) is 2.83. The van der Waals surface area contributed by atoms with Crippen LogP contribution in [0.3, 0.4) is 0 Å². The normalized spacial score (nSPS) is 21.1. The average molecular weight is 514 g/mol. The van der Waals surface area contributed by atoms with E-state index in [2.05, 4.69) is 51.0 Å². The summed E-state index contributed by atoms with van der Waals surface area (Å²) in [5, 5.41) is 11.0. The molecule has 198 valence electrons.